The SMILES string of the molecule is O=C(O)c1cccc(C(F)(F)F)c1Br. The molecule has 1 N–H and O–H groups in total. The molecule has 0 spiro atoms. The van der Waals surface area contributed by atoms with Crippen LogP contribution in [0.4, 0.5) is 13.2 Å². The van der Waals surface area contributed by atoms with Gasteiger partial charge in [0.15, 0.2) is 0 Å². The van der Waals surface area contributed by atoms with Crippen molar-refractivity contribution >= 4 is 21.9 Å². The second-order valence-electron chi connectivity index (χ2n) is 2.47. The molecular weight excluding hydrogens is 265 g/mol. The van der Waals surface area contributed by atoms with Gasteiger partial charge in [0.2, 0.25) is 0 Å². The first-order chi connectivity index (χ1) is 6.34. The standard InChI is InChI=1S/C8H4BrF3O2/c9-6-4(7(13)14)2-1-3-5(6)8(10,11)12/h1-3H,(H,13,14). The minimum atomic E-state index is -4.55. The Labute approximate surface area is 85.5 Å². The fraction of sp³-hybridized carbons (Fsp3) is 0.125. The Morgan fingerprint density at radius 3 is 2.36 bits per heavy atom. The maximum absolute atomic E-state index is 12.3. The predicted octanol–water partition coefficient (Wildman–Crippen LogP) is 3.17. The molecular formula is C8H4BrF3O2. The first kappa shape index (κ1) is 11.0. The molecule has 0 fully saturated rings. The number of hydrogen-bond donors (Lipinski definition) is 1. The van der Waals surface area contributed by atoms with Crippen LogP contribution in [-0.2, 0) is 6.18 Å². The molecule has 0 unspecified atom stereocenters. The fourth-order valence-electron chi connectivity index (χ4n) is 0.916. The number of hydrogen-bond acceptors (Lipinski definition) is 1. The molecule has 1 aromatic carbocycles. The summed E-state index contributed by atoms with van der Waals surface area (Å²) < 4.78 is 36.4. The third-order valence-electron chi connectivity index (χ3n) is 1.53. The molecule has 1 aromatic rings. The lowest BCUT2D eigenvalue weighted by Crippen LogP contribution is -2.09. The van der Waals surface area contributed by atoms with Gasteiger partial charge >= 0.3 is 12.1 Å². The second-order valence-corrected chi connectivity index (χ2v) is 3.26. The van der Waals surface area contributed by atoms with E-state index < -0.39 is 27.7 Å². The van der Waals surface area contributed by atoms with Gasteiger partial charge in [-0.15, -0.1) is 0 Å². The van der Waals surface area contributed by atoms with E-state index in [9.17, 15) is 18.0 Å². The number of carboxylic acids is 1. The van der Waals surface area contributed by atoms with E-state index in [1.54, 1.807) is 0 Å². The highest BCUT2D eigenvalue weighted by Crippen LogP contribution is 2.36. The molecule has 6 heteroatoms. The van der Waals surface area contributed by atoms with Crippen molar-refractivity contribution in [2.45, 2.75) is 6.18 Å². The predicted molar refractivity (Wildman–Crippen MR) is 46.1 cm³/mol. The Morgan fingerprint density at radius 1 is 1.36 bits per heavy atom. The van der Waals surface area contributed by atoms with Gasteiger partial charge in [-0.1, -0.05) is 6.07 Å². The quantitative estimate of drug-likeness (QED) is 0.850. The molecule has 0 saturated heterocycles. The van der Waals surface area contributed by atoms with Crippen LogP contribution in [0.3, 0.4) is 0 Å². The number of benzene rings is 1. The van der Waals surface area contributed by atoms with E-state index >= 15 is 0 Å². The summed E-state index contributed by atoms with van der Waals surface area (Å²) in [4.78, 5) is 10.5. The Balaban J connectivity index is 3.35. The molecule has 76 valence electrons. The van der Waals surface area contributed by atoms with Crippen molar-refractivity contribution in [3.63, 3.8) is 0 Å². The zero-order valence-corrected chi connectivity index (χ0v) is 8.19. The number of rotatable bonds is 1. The number of carbonyl (C=O) groups is 1. The van der Waals surface area contributed by atoms with Crippen LogP contribution in [0.2, 0.25) is 0 Å². The Morgan fingerprint density at radius 2 is 1.93 bits per heavy atom. The van der Waals surface area contributed by atoms with E-state index in [4.69, 9.17) is 5.11 Å². The van der Waals surface area contributed by atoms with Crippen molar-refractivity contribution in [2.75, 3.05) is 0 Å². The summed E-state index contributed by atoms with van der Waals surface area (Å²) in [7, 11) is 0. The van der Waals surface area contributed by atoms with Crippen LogP contribution in [0.15, 0.2) is 22.7 Å². The van der Waals surface area contributed by atoms with E-state index in [-0.39, 0.29) is 0 Å². The average Bonchev–Trinajstić information content (AvgIpc) is 2.01. The van der Waals surface area contributed by atoms with Gasteiger partial charge in [0.1, 0.15) is 0 Å². The molecule has 0 aliphatic rings. The smallest absolute Gasteiger partial charge is 0.417 e. The Hall–Kier alpha value is -1.04. The lowest BCUT2D eigenvalue weighted by Gasteiger charge is -2.10. The van der Waals surface area contributed by atoms with Crippen molar-refractivity contribution < 1.29 is 23.1 Å². The first-order valence-electron chi connectivity index (χ1n) is 3.43. The first-order valence-corrected chi connectivity index (χ1v) is 4.22. The molecule has 1 rings (SSSR count). The third kappa shape index (κ3) is 2.06. The molecule has 0 atom stereocenters. The lowest BCUT2D eigenvalue weighted by molar-refractivity contribution is -0.138. The van der Waals surface area contributed by atoms with Crippen LogP contribution in [0.25, 0.3) is 0 Å². The molecule has 2 nitrogen and oxygen atoms in total. The number of aromatic carboxylic acids is 1. The van der Waals surface area contributed by atoms with Gasteiger partial charge in [-0.05, 0) is 28.1 Å². The van der Waals surface area contributed by atoms with Crippen LogP contribution in [0.1, 0.15) is 15.9 Å². The van der Waals surface area contributed by atoms with E-state index in [0.29, 0.717) is 0 Å². The molecule has 0 amide bonds. The van der Waals surface area contributed by atoms with Crippen molar-refractivity contribution in [1.82, 2.24) is 0 Å². The Bertz CT molecular complexity index is 373. The largest absolute Gasteiger partial charge is 0.478 e. The second kappa shape index (κ2) is 3.61. The molecule has 0 aromatic heterocycles. The highest BCUT2D eigenvalue weighted by Gasteiger charge is 2.34. The van der Waals surface area contributed by atoms with E-state index in [2.05, 4.69) is 15.9 Å². The average molecular weight is 269 g/mol. The van der Waals surface area contributed by atoms with E-state index in [1.807, 2.05) is 0 Å². The highest BCUT2D eigenvalue weighted by molar-refractivity contribution is 9.10. The van der Waals surface area contributed by atoms with Crippen molar-refractivity contribution in [1.29, 1.82) is 0 Å². The monoisotopic (exact) mass is 268 g/mol. The normalized spacial score (nSPS) is 11.4. The summed E-state index contributed by atoms with van der Waals surface area (Å²) in [5.74, 6) is -1.40. The minimum absolute atomic E-state index is 0.403. The molecule has 0 heterocycles. The van der Waals surface area contributed by atoms with Crippen LogP contribution in [0.5, 0.6) is 0 Å². The molecule has 0 bridgehead atoms. The summed E-state index contributed by atoms with van der Waals surface area (Å²) in [5.41, 5.74) is -1.39. The number of carboxylic acid groups (broad SMARTS) is 1. The topological polar surface area (TPSA) is 37.3 Å². The Kier molecular flexibility index (Phi) is 2.84. The summed E-state index contributed by atoms with van der Waals surface area (Å²) in [6, 6.07) is 2.97. The maximum Gasteiger partial charge on any atom is 0.417 e. The minimum Gasteiger partial charge on any atom is -0.478 e. The van der Waals surface area contributed by atoms with Gasteiger partial charge in [-0.3, -0.25) is 0 Å². The number of halogens is 4. The van der Waals surface area contributed by atoms with E-state index in [1.165, 1.54) is 0 Å². The highest BCUT2D eigenvalue weighted by atomic mass is 79.9. The maximum atomic E-state index is 12.3. The van der Waals surface area contributed by atoms with Gasteiger partial charge < -0.3 is 5.11 Å². The van der Waals surface area contributed by atoms with Gasteiger partial charge in [0, 0.05) is 4.47 Å². The molecule has 0 radical (unpaired) electrons. The van der Waals surface area contributed by atoms with Crippen LogP contribution in [-0.4, -0.2) is 11.1 Å². The zero-order chi connectivity index (χ0) is 10.9. The molecule has 0 aliphatic carbocycles. The van der Waals surface area contributed by atoms with Crippen LogP contribution in [0, 0.1) is 0 Å². The van der Waals surface area contributed by atoms with E-state index in [0.717, 1.165) is 18.2 Å². The van der Waals surface area contributed by atoms with Gasteiger partial charge in [0.25, 0.3) is 0 Å². The summed E-state index contributed by atoms with van der Waals surface area (Å²) in [5, 5.41) is 8.56. The molecule has 0 aliphatic heterocycles. The molecule has 14 heavy (non-hydrogen) atoms. The number of alkyl halides is 3. The molecule has 0 saturated carbocycles. The van der Waals surface area contributed by atoms with Gasteiger partial charge in [0.05, 0.1) is 11.1 Å². The van der Waals surface area contributed by atoms with Crippen LogP contribution < -0.4 is 0 Å². The van der Waals surface area contributed by atoms with Crippen molar-refractivity contribution in [3.05, 3.63) is 33.8 Å². The van der Waals surface area contributed by atoms with Crippen LogP contribution >= 0.6 is 15.9 Å². The zero-order valence-electron chi connectivity index (χ0n) is 6.60. The van der Waals surface area contributed by atoms with Gasteiger partial charge in [-0.2, -0.15) is 13.2 Å². The lowest BCUT2D eigenvalue weighted by atomic mass is 10.1. The van der Waals surface area contributed by atoms with Crippen molar-refractivity contribution in [2.24, 2.45) is 0 Å². The summed E-state index contributed by atoms with van der Waals surface area (Å²) in [6.07, 6.45) is -4.55. The third-order valence-corrected chi connectivity index (χ3v) is 2.39. The summed E-state index contributed by atoms with van der Waals surface area (Å²) >= 11 is 2.62. The van der Waals surface area contributed by atoms with Gasteiger partial charge in [-0.25, -0.2) is 4.79 Å². The fourth-order valence-corrected chi connectivity index (χ4v) is 1.57. The summed E-state index contributed by atoms with van der Waals surface area (Å²) in [6.45, 7) is 0. The van der Waals surface area contributed by atoms with Crippen molar-refractivity contribution in [3.8, 4) is 0 Å².